The van der Waals surface area contributed by atoms with Crippen molar-refractivity contribution in [1.82, 2.24) is 15.0 Å². The van der Waals surface area contributed by atoms with Crippen LogP contribution in [0, 0.1) is 6.92 Å². The van der Waals surface area contributed by atoms with Gasteiger partial charge in [-0.25, -0.2) is 0 Å². The molecule has 14 heavy (non-hydrogen) atoms. The van der Waals surface area contributed by atoms with Crippen LogP contribution in [0.4, 0.5) is 0 Å². The van der Waals surface area contributed by atoms with E-state index in [9.17, 15) is 0 Å². The standard InChI is InChI=1S/C8H15N3O.C2H6/c1-6-9-7(12-10-6)8(2,3)11(4)5;1-2/h1-5H3;1-2H3. The third kappa shape index (κ3) is 2.80. The first kappa shape index (κ1) is 13.1. The first-order valence-corrected chi connectivity index (χ1v) is 4.93. The highest BCUT2D eigenvalue weighted by Gasteiger charge is 2.29. The Morgan fingerprint density at radius 3 is 2.00 bits per heavy atom. The first-order chi connectivity index (χ1) is 6.44. The molecule has 1 heterocycles. The molecule has 82 valence electrons. The molecule has 0 atom stereocenters. The van der Waals surface area contributed by atoms with Gasteiger partial charge in [0, 0.05) is 0 Å². The molecule has 0 aliphatic rings. The molecule has 0 aliphatic heterocycles. The molecule has 0 spiro atoms. The number of nitrogens with zero attached hydrogens (tertiary/aromatic N) is 3. The summed E-state index contributed by atoms with van der Waals surface area (Å²) in [6.45, 7) is 9.90. The average molecular weight is 199 g/mol. The van der Waals surface area contributed by atoms with Crippen LogP contribution in [-0.4, -0.2) is 29.1 Å². The molecule has 4 nitrogen and oxygen atoms in total. The van der Waals surface area contributed by atoms with E-state index >= 15 is 0 Å². The Balaban J connectivity index is 0.000000791. The average Bonchev–Trinajstić information content (AvgIpc) is 2.55. The molecule has 4 heteroatoms. The predicted molar refractivity (Wildman–Crippen MR) is 57.1 cm³/mol. The van der Waals surface area contributed by atoms with E-state index in [0.717, 1.165) is 0 Å². The van der Waals surface area contributed by atoms with Crippen molar-refractivity contribution in [3.63, 3.8) is 0 Å². The molecule has 0 unspecified atom stereocenters. The smallest absolute Gasteiger partial charge is 0.246 e. The van der Waals surface area contributed by atoms with E-state index < -0.39 is 0 Å². The second-order valence-corrected chi connectivity index (χ2v) is 3.60. The topological polar surface area (TPSA) is 42.2 Å². The summed E-state index contributed by atoms with van der Waals surface area (Å²) < 4.78 is 5.09. The molecule has 0 saturated carbocycles. The lowest BCUT2D eigenvalue weighted by molar-refractivity contribution is 0.143. The number of aryl methyl sites for hydroxylation is 1. The largest absolute Gasteiger partial charge is 0.337 e. The highest BCUT2D eigenvalue weighted by atomic mass is 16.5. The minimum Gasteiger partial charge on any atom is -0.337 e. The van der Waals surface area contributed by atoms with Crippen LogP contribution in [0.3, 0.4) is 0 Å². The molecular weight excluding hydrogens is 178 g/mol. The van der Waals surface area contributed by atoms with Crippen LogP contribution < -0.4 is 0 Å². The van der Waals surface area contributed by atoms with E-state index in [1.165, 1.54) is 0 Å². The maximum Gasteiger partial charge on any atom is 0.246 e. The summed E-state index contributed by atoms with van der Waals surface area (Å²) in [5.74, 6) is 1.34. The molecule has 0 aliphatic carbocycles. The monoisotopic (exact) mass is 199 g/mol. The molecule has 0 N–H and O–H groups in total. The van der Waals surface area contributed by atoms with E-state index in [-0.39, 0.29) is 5.54 Å². The van der Waals surface area contributed by atoms with Gasteiger partial charge in [0.2, 0.25) is 5.89 Å². The third-order valence-corrected chi connectivity index (χ3v) is 2.17. The number of hydrogen-bond acceptors (Lipinski definition) is 4. The van der Waals surface area contributed by atoms with E-state index in [2.05, 4.69) is 10.1 Å². The molecule has 1 rings (SSSR count). The van der Waals surface area contributed by atoms with E-state index in [1.54, 1.807) is 0 Å². The lowest BCUT2D eigenvalue weighted by atomic mass is 10.1. The predicted octanol–water partition coefficient (Wildman–Crippen LogP) is 2.20. The van der Waals surface area contributed by atoms with Crippen molar-refractivity contribution in [2.75, 3.05) is 14.1 Å². The fourth-order valence-electron chi connectivity index (χ4n) is 0.737. The van der Waals surface area contributed by atoms with Gasteiger partial charge >= 0.3 is 0 Å². The fourth-order valence-corrected chi connectivity index (χ4v) is 0.737. The van der Waals surface area contributed by atoms with Crippen molar-refractivity contribution in [2.24, 2.45) is 0 Å². The Kier molecular flexibility index (Phi) is 4.77. The summed E-state index contributed by atoms with van der Waals surface area (Å²) in [5, 5.41) is 3.75. The molecule has 0 saturated heterocycles. The molecular formula is C10H21N3O. The Morgan fingerprint density at radius 1 is 1.21 bits per heavy atom. The van der Waals surface area contributed by atoms with Gasteiger partial charge in [-0.3, -0.25) is 4.90 Å². The molecule has 0 bridgehead atoms. The fraction of sp³-hybridized carbons (Fsp3) is 0.800. The van der Waals surface area contributed by atoms with E-state index in [0.29, 0.717) is 11.7 Å². The Hall–Kier alpha value is -0.900. The van der Waals surface area contributed by atoms with Gasteiger partial charge in [-0.05, 0) is 34.9 Å². The van der Waals surface area contributed by atoms with Gasteiger partial charge in [0.25, 0.3) is 0 Å². The van der Waals surface area contributed by atoms with Crippen molar-refractivity contribution in [3.05, 3.63) is 11.7 Å². The van der Waals surface area contributed by atoms with Crippen molar-refractivity contribution >= 4 is 0 Å². The van der Waals surface area contributed by atoms with E-state index in [4.69, 9.17) is 4.52 Å². The highest BCUT2D eigenvalue weighted by molar-refractivity contribution is 4.97. The van der Waals surface area contributed by atoms with Crippen LogP contribution in [-0.2, 0) is 5.54 Å². The zero-order valence-corrected chi connectivity index (χ0v) is 10.2. The van der Waals surface area contributed by atoms with Crippen molar-refractivity contribution in [1.29, 1.82) is 0 Å². The maximum absolute atomic E-state index is 5.09. The summed E-state index contributed by atoms with van der Waals surface area (Å²) in [6, 6.07) is 0. The Labute approximate surface area is 86.3 Å². The van der Waals surface area contributed by atoms with E-state index in [1.807, 2.05) is 53.6 Å². The van der Waals surface area contributed by atoms with Gasteiger partial charge in [0.05, 0.1) is 5.54 Å². The van der Waals surface area contributed by atoms with Crippen molar-refractivity contribution < 1.29 is 4.52 Å². The second-order valence-electron chi connectivity index (χ2n) is 3.60. The van der Waals surface area contributed by atoms with Gasteiger partial charge < -0.3 is 4.52 Å². The Bertz CT molecular complexity index is 266. The van der Waals surface area contributed by atoms with Gasteiger partial charge in [-0.15, -0.1) is 0 Å². The quantitative estimate of drug-likeness (QED) is 0.732. The lowest BCUT2D eigenvalue weighted by Gasteiger charge is -2.27. The highest BCUT2D eigenvalue weighted by Crippen LogP contribution is 2.22. The van der Waals surface area contributed by atoms with Crippen LogP contribution in [0.15, 0.2) is 4.52 Å². The summed E-state index contributed by atoms with van der Waals surface area (Å²) in [7, 11) is 3.97. The summed E-state index contributed by atoms with van der Waals surface area (Å²) in [4.78, 5) is 6.23. The Morgan fingerprint density at radius 2 is 1.71 bits per heavy atom. The van der Waals surface area contributed by atoms with Crippen LogP contribution in [0.1, 0.15) is 39.4 Å². The third-order valence-electron chi connectivity index (χ3n) is 2.17. The molecule has 1 aromatic rings. The van der Waals surface area contributed by atoms with Crippen LogP contribution in [0.5, 0.6) is 0 Å². The second kappa shape index (κ2) is 5.10. The number of hydrogen-bond donors (Lipinski definition) is 0. The van der Waals surface area contributed by atoms with Gasteiger partial charge in [-0.1, -0.05) is 19.0 Å². The number of aromatic nitrogens is 2. The molecule has 0 fully saturated rings. The van der Waals surface area contributed by atoms with Crippen molar-refractivity contribution in [3.8, 4) is 0 Å². The van der Waals surface area contributed by atoms with Gasteiger partial charge in [0.15, 0.2) is 5.82 Å². The van der Waals surface area contributed by atoms with Crippen molar-refractivity contribution in [2.45, 2.75) is 40.2 Å². The summed E-state index contributed by atoms with van der Waals surface area (Å²) >= 11 is 0. The molecule has 0 radical (unpaired) electrons. The first-order valence-electron chi connectivity index (χ1n) is 4.93. The van der Waals surface area contributed by atoms with Gasteiger partial charge in [0.1, 0.15) is 0 Å². The summed E-state index contributed by atoms with van der Waals surface area (Å²) in [5.41, 5.74) is -0.193. The van der Waals surface area contributed by atoms with Crippen LogP contribution >= 0.6 is 0 Å². The van der Waals surface area contributed by atoms with Crippen LogP contribution in [0.2, 0.25) is 0 Å². The summed E-state index contributed by atoms with van der Waals surface area (Å²) in [6.07, 6.45) is 0. The molecule has 0 aromatic carbocycles. The minimum atomic E-state index is -0.193. The normalized spacial score (nSPS) is 11.1. The zero-order valence-electron chi connectivity index (χ0n) is 10.2. The molecule has 0 amide bonds. The van der Waals surface area contributed by atoms with Gasteiger partial charge in [-0.2, -0.15) is 4.98 Å². The minimum absolute atomic E-state index is 0.193. The maximum atomic E-state index is 5.09. The zero-order chi connectivity index (χ0) is 11.4. The number of rotatable bonds is 2. The molecule has 1 aromatic heterocycles. The van der Waals surface area contributed by atoms with Crippen LogP contribution in [0.25, 0.3) is 0 Å². The SMILES string of the molecule is CC.Cc1noc(C(C)(C)N(C)C)n1. The lowest BCUT2D eigenvalue weighted by Crippen LogP contribution is -2.35.